The molecule has 1 aliphatic heterocycles. The minimum Gasteiger partial charge on any atom is -0.378 e. The van der Waals surface area contributed by atoms with E-state index in [4.69, 9.17) is 11.2 Å². The van der Waals surface area contributed by atoms with Crippen LogP contribution in [-0.2, 0) is 19.6 Å². The molecular weight excluding hydrogens is 545 g/mol. The van der Waals surface area contributed by atoms with E-state index >= 15 is 0 Å². The first-order valence-electron chi connectivity index (χ1n) is 10.2. The molecule has 0 spiro atoms. The maximum absolute atomic E-state index is 12.5. The number of carbonyl (C=O) groups excluding carboxylic acids is 1. The molecule has 2 N–H and O–H groups in total. The second kappa shape index (κ2) is 13.6. The molecule has 1 heterocycles. The predicted molar refractivity (Wildman–Crippen MR) is 138 cm³/mol. The van der Waals surface area contributed by atoms with E-state index < -0.39 is 10.0 Å². The lowest BCUT2D eigenvalue weighted by atomic mass is 10.2. The van der Waals surface area contributed by atoms with Crippen molar-refractivity contribution < 1.29 is 17.9 Å². The molecule has 0 saturated carbocycles. The van der Waals surface area contributed by atoms with Gasteiger partial charge in [0.1, 0.15) is 0 Å². The van der Waals surface area contributed by atoms with Crippen molar-refractivity contribution in [2.75, 3.05) is 57.4 Å². The third-order valence-electron chi connectivity index (χ3n) is 4.66. The number of amides is 1. The van der Waals surface area contributed by atoms with Crippen molar-refractivity contribution in [1.82, 2.24) is 14.5 Å². The van der Waals surface area contributed by atoms with Crippen LogP contribution in [0.25, 0.3) is 0 Å². The number of ether oxygens (including phenoxy) is 1. The van der Waals surface area contributed by atoms with E-state index in [-0.39, 0.29) is 54.9 Å². The van der Waals surface area contributed by atoms with Crippen LogP contribution in [0.1, 0.15) is 19.4 Å². The lowest BCUT2D eigenvalue weighted by molar-refractivity contribution is -0.115. The fourth-order valence-corrected chi connectivity index (χ4v) is 4.36. The van der Waals surface area contributed by atoms with Gasteiger partial charge >= 0.3 is 0 Å². The summed E-state index contributed by atoms with van der Waals surface area (Å²) in [6, 6.07) is 7.05. The summed E-state index contributed by atoms with van der Waals surface area (Å²) in [5, 5.41) is 5.81. The topological polar surface area (TPSA) is 103 Å². The average molecular weight is 577 g/mol. The second-order valence-corrected chi connectivity index (χ2v) is 9.38. The Morgan fingerprint density at radius 1 is 1.28 bits per heavy atom. The zero-order chi connectivity index (χ0) is 22.9. The van der Waals surface area contributed by atoms with Crippen molar-refractivity contribution in [2.45, 2.75) is 20.0 Å². The molecule has 11 heteroatoms. The molecular formula is C21H32IN5O4S. The molecule has 0 aromatic heterocycles. The monoisotopic (exact) mass is 577 g/mol. The maximum Gasteiger partial charge on any atom is 0.243 e. The Morgan fingerprint density at radius 2 is 1.97 bits per heavy atom. The van der Waals surface area contributed by atoms with Gasteiger partial charge in [-0.25, -0.2) is 8.42 Å². The first kappa shape index (κ1) is 28.2. The van der Waals surface area contributed by atoms with Crippen LogP contribution in [0.4, 0.5) is 5.69 Å². The standard InChI is InChI=1S/C21H31N5O4S.HI/c1-5-18-7-6-8-19(15-18)24-20(27)16-23-21(22-4)25-9-11-26(12-10-25)31(28,29)14-13-30-17(2)3;/h1,6-8,15,17H,9-14,16H2,2-4H3,(H,22,23)(H,24,27);1H. The number of terminal acetylenes is 1. The summed E-state index contributed by atoms with van der Waals surface area (Å²) >= 11 is 0. The number of sulfonamides is 1. The number of piperazine rings is 1. The summed E-state index contributed by atoms with van der Waals surface area (Å²) in [5.41, 5.74) is 1.31. The van der Waals surface area contributed by atoms with E-state index in [1.54, 1.807) is 31.3 Å². The molecule has 0 aliphatic carbocycles. The number of carbonyl (C=O) groups is 1. The van der Waals surface area contributed by atoms with Crippen LogP contribution in [0.5, 0.6) is 0 Å². The first-order valence-corrected chi connectivity index (χ1v) is 11.8. The number of rotatable bonds is 8. The molecule has 2 rings (SSSR count). The molecule has 32 heavy (non-hydrogen) atoms. The highest BCUT2D eigenvalue weighted by atomic mass is 127. The van der Waals surface area contributed by atoms with E-state index in [9.17, 15) is 13.2 Å². The van der Waals surface area contributed by atoms with Gasteiger partial charge in [0.05, 0.1) is 25.0 Å². The maximum atomic E-state index is 12.5. The highest BCUT2D eigenvalue weighted by Gasteiger charge is 2.28. The summed E-state index contributed by atoms with van der Waals surface area (Å²) in [6.45, 7) is 5.63. The highest BCUT2D eigenvalue weighted by molar-refractivity contribution is 14.0. The summed E-state index contributed by atoms with van der Waals surface area (Å²) < 4.78 is 31.8. The van der Waals surface area contributed by atoms with Crippen LogP contribution in [0.15, 0.2) is 29.3 Å². The van der Waals surface area contributed by atoms with Gasteiger partial charge in [-0.15, -0.1) is 30.4 Å². The van der Waals surface area contributed by atoms with Crippen molar-refractivity contribution in [2.24, 2.45) is 4.99 Å². The Hall–Kier alpha value is -1.88. The Kier molecular flexibility index (Phi) is 12.0. The van der Waals surface area contributed by atoms with Gasteiger partial charge in [0.25, 0.3) is 0 Å². The smallest absolute Gasteiger partial charge is 0.243 e. The number of guanidine groups is 1. The summed E-state index contributed by atoms with van der Waals surface area (Å²) in [5.74, 6) is 2.81. The number of hydrogen-bond donors (Lipinski definition) is 2. The van der Waals surface area contributed by atoms with Crippen LogP contribution in [0.2, 0.25) is 0 Å². The lowest BCUT2D eigenvalue weighted by Gasteiger charge is -2.35. The zero-order valence-electron chi connectivity index (χ0n) is 18.7. The molecule has 1 amide bonds. The SMILES string of the molecule is C#Cc1cccc(NC(=O)CNC(=NC)N2CCN(S(=O)(=O)CCOC(C)C)CC2)c1.I. The molecule has 0 atom stereocenters. The van der Waals surface area contributed by atoms with Gasteiger partial charge in [0, 0.05) is 44.5 Å². The number of nitrogens with zero attached hydrogens (tertiary/aromatic N) is 3. The van der Waals surface area contributed by atoms with Crippen molar-refractivity contribution in [3.8, 4) is 12.3 Å². The normalized spacial score (nSPS) is 15.1. The zero-order valence-corrected chi connectivity index (χ0v) is 21.9. The fraction of sp³-hybridized carbons (Fsp3) is 0.524. The summed E-state index contributed by atoms with van der Waals surface area (Å²) in [6.07, 6.45) is 5.38. The summed E-state index contributed by atoms with van der Waals surface area (Å²) in [4.78, 5) is 18.4. The van der Waals surface area contributed by atoms with Gasteiger partial charge in [-0.2, -0.15) is 4.31 Å². The molecule has 1 aromatic carbocycles. The van der Waals surface area contributed by atoms with Gasteiger partial charge < -0.3 is 20.3 Å². The van der Waals surface area contributed by atoms with Gasteiger partial charge in [-0.05, 0) is 32.0 Å². The Labute approximate surface area is 208 Å². The minimum absolute atomic E-state index is 0. The molecule has 1 aromatic rings. The Bertz CT molecular complexity index is 922. The van der Waals surface area contributed by atoms with Gasteiger partial charge in [-0.3, -0.25) is 9.79 Å². The van der Waals surface area contributed by atoms with Crippen molar-refractivity contribution in [3.63, 3.8) is 0 Å². The minimum atomic E-state index is -3.36. The number of halogens is 1. The van der Waals surface area contributed by atoms with Crippen molar-refractivity contribution in [1.29, 1.82) is 0 Å². The Morgan fingerprint density at radius 3 is 2.56 bits per heavy atom. The number of hydrogen-bond acceptors (Lipinski definition) is 5. The summed E-state index contributed by atoms with van der Waals surface area (Å²) in [7, 11) is -1.73. The van der Waals surface area contributed by atoms with Crippen LogP contribution >= 0.6 is 24.0 Å². The average Bonchev–Trinajstić information content (AvgIpc) is 2.74. The molecule has 9 nitrogen and oxygen atoms in total. The predicted octanol–water partition coefficient (Wildman–Crippen LogP) is 1.17. The quantitative estimate of drug-likeness (QED) is 0.208. The third-order valence-corrected chi connectivity index (χ3v) is 6.49. The van der Waals surface area contributed by atoms with Crippen LogP contribution in [0, 0.1) is 12.3 Å². The van der Waals surface area contributed by atoms with Crippen LogP contribution in [0.3, 0.4) is 0 Å². The molecule has 1 aliphatic rings. The fourth-order valence-electron chi connectivity index (χ4n) is 3.08. The van der Waals surface area contributed by atoms with Crippen LogP contribution < -0.4 is 10.6 Å². The van der Waals surface area contributed by atoms with Gasteiger partial charge in [0.2, 0.25) is 15.9 Å². The number of anilines is 1. The second-order valence-electron chi connectivity index (χ2n) is 7.30. The number of benzene rings is 1. The molecule has 0 radical (unpaired) electrons. The lowest BCUT2D eigenvalue weighted by Crippen LogP contribution is -2.54. The van der Waals surface area contributed by atoms with E-state index in [0.717, 1.165) is 0 Å². The van der Waals surface area contributed by atoms with Crippen LogP contribution in [-0.4, -0.2) is 87.7 Å². The van der Waals surface area contributed by atoms with E-state index in [1.807, 2.05) is 18.7 Å². The molecule has 0 unspecified atom stereocenters. The highest BCUT2D eigenvalue weighted by Crippen LogP contribution is 2.10. The largest absolute Gasteiger partial charge is 0.378 e. The number of nitrogens with one attached hydrogen (secondary N) is 2. The molecule has 0 bridgehead atoms. The van der Waals surface area contributed by atoms with Crippen molar-refractivity contribution in [3.05, 3.63) is 29.8 Å². The van der Waals surface area contributed by atoms with E-state index in [0.29, 0.717) is 43.4 Å². The van der Waals surface area contributed by atoms with Crippen molar-refractivity contribution >= 4 is 51.6 Å². The molecule has 1 fully saturated rings. The first-order chi connectivity index (χ1) is 14.7. The van der Waals surface area contributed by atoms with E-state index in [1.165, 1.54) is 4.31 Å². The van der Waals surface area contributed by atoms with E-state index in [2.05, 4.69) is 21.5 Å². The molecule has 178 valence electrons. The Balaban J connectivity index is 0.00000512. The number of aliphatic imine (C=N–C) groups is 1. The van der Waals surface area contributed by atoms with Gasteiger partial charge in [-0.1, -0.05) is 12.0 Å². The third kappa shape index (κ3) is 8.93. The molecule has 1 saturated heterocycles. The van der Waals surface area contributed by atoms with Gasteiger partial charge in [0.15, 0.2) is 5.96 Å².